The van der Waals surface area contributed by atoms with Crippen molar-refractivity contribution < 1.29 is 13.2 Å². The predicted octanol–water partition coefficient (Wildman–Crippen LogP) is 1.89. The molecule has 0 N–H and O–H groups in total. The largest absolute Gasteiger partial charge is 0.383 e. The van der Waals surface area contributed by atoms with E-state index in [4.69, 9.17) is 15.4 Å². The molecule has 2 heterocycles. The molecule has 0 aliphatic heterocycles. The summed E-state index contributed by atoms with van der Waals surface area (Å²) in [5.41, 5.74) is 1.86. The van der Waals surface area contributed by atoms with Crippen molar-refractivity contribution in [1.82, 2.24) is 14.8 Å². The molecule has 0 saturated heterocycles. The quantitative estimate of drug-likeness (QED) is 0.786. The molecular weight excluding hydrogens is 310 g/mol. The summed E-state index contributed by atoms with van der Waals surface area (Å²) in [6.45, 7) is 2.58. The van der Waals surface area contributed by atoms with Crippen LogP contribution >= 0.6 is 22.0 Å². The highest BCUT2D eigenvalue weighted by atomic mass is 35.7. The molecule has 0 radical (unpaired) electrons. The molecule has 0 aromatic carbocycles. The summed E-state index contributed by atoms with van der Waals surface area (Å²) in [5, 5.41) is 11.2. The number of ether oxygens (including phenoxy) is 1. The van der Waals surface area contributed by atoms with E-state index < -0.39 is 9.05 Å². The van der Waals surface area contributed by atoms with Crippen molar-refractivity contribution in [2.45, 2.75) is 18.6 Å². The van der Waals surface area contributed by atoms with Gasteiger partial charge in [0.15, 0.2) is 5.82 Å². The highest BCUT2D eigenvalue weighted by Crippen LogP contribution is 2.27. The highest BCUT2D eigenvalue weighted by Gasteiger charge is 2.24. The first-order valence-corrected chi connectivity index (χ1v) is 8.60. The lowest BCUT2D eigenvalue weighted by Gasteiger charge is -2.07. The van der Waals surface area contributed by atoms with Gasteiger partial charge in [-0.1, -0.05) is 0 Å². The molecule has 9 heteroatoms. The molecule has 104 valence electrons. The number of hydrogen-bond donors (Lipinski definition) is 0. The molecule has 0 bridgehead atoms. The minimum Gasteiger partial charge on any atom is -0.383 e. The summed E-state index contributed by atoms with van der Waals surface area (Å²) in [5.74, 6) is 0.482. The molecule has 0 aliphatic rings. The van der Waals surface area contributed by atoms with Crippen LogP contribution < -0.4 is 0 Å². The predicted molar refractivity (Wildman–Crippen MR) is 73.0 cm³/mol. The molecule has 2 aromatic rings. The van der Waals surface area contributed by atoms with Crippen molar-refractivity contribution in [3.8, 4) is 11.4 Å². The van der Waals surface area contributed by atoms with Gasteiger partial charge >= 0.3 is 0 Å². The van der Waals surface area contributed by atoms with Gasteiger partial charge in [0, 0.05) is 28.7 Å². The summed E-state index contributed by atoms with van der Waals surface area (Å²) in [7, 11) is 2.97. The van der Waals surface area contributed by atoms with Gasteiger partial charge in [-0.2, -0.15) is 11.3 Å². The number of methoxy groups -OCH3 is 1. The number of hydrogen-bond acceptors (Lipinski definition) is 6. The lowest BCUT2D eigenvalue weighted by molar-refractivity contribution is 0.185. The zero-order chi connectivity index (χ0) is 14.0. The van der Waals surface area contributed by atoms with E-state index >= 15 is 0 Å². The van der Waals surface area contributed by atoms with Crippen LogP contribution in [-0.4, -0.2) is 36.9 Å². The Hall–Kier alpha value is -0.960. The molecule has 6 nitrogen and oxygen atoms in total. The Morgan fingerprint density at radius 1 is 1.42 bits per heavy atom. The Morgan fingerprint density at radius 2 is 2.16 bits per heavy atom. The zero-order valence-electron chi connectivity index (χ0n) is 10.3. The summed E-state index contributed by atoms with van der Waals surface area (Å²) >= 11 is 1.52. The number of thiophene rings is 1. The fraction of sp³-hybridized carbons (Fsp3) is 0.400. The van der Waals surface area contributed by atoms with Gasteiger partial charge in [-0.3, -0.25) is 4.57 Å². The van der Waals surface area contributed by atoms with Gasteiger partial charge in [-0.25, -0.2) is 8.42 Å². The summed E-state index contributed by atoms with van der Waals surface area (Å²) < 4.78 is 29.4. The topological polar surface area (TPSA) is 74.1 Å². The molecule has 0 fully saturated rings. The van der Waals surface area contributed by atoms with E-state index in [0.29, 0.717) is 19.0 Å². The fourth-order valence-corrected chi connectivity index (χ4v) is 3.39. The average Bonchev–Trinajstić information content (AvgIpc) is 2.90. The third-order valence-corrected chi connectivity index (χ3v) is 4.56. The van der Waals surface area contributed by atoms with Crippen LogP contribution in [0, 0.1) is 6.92 Å². The standard InChI is InChI=1S/C10H12ClN3O3S2/c1-7-5-18-6-8(7)9-12-13-10(19(11,15)16)14(9)3-4-17-2/h5-6H,3-4H2,1-2H3. The minimum absolute atomic E-state index is 0.258. The number of halogens is 1. The van der Waals surface area contributed by atoms with Gasteiger partial charge in [0.25, 0.3) is 14.2 Å². The van der Waals surface area contributed by atoms with Gasteiger partial charge in [0.1, 0.15) is 0 Å². The van der Waals surface area contributed by atoms with E-state index in [9.17, 15) is 8.42 Å². The zero-order valence-corrected chi connectivity index (χ0v) is 12.7. The molecule has 0 spiro atoms. The summed E-state index contributed by atoms with van der Waals surface area (Å²) in [6.07, 6.45) is 0. The van der Waals surface area contributed by atoms with Crippen LogP contribution in [0.2, 0.25) is 0 Å². The van der Waals surface area contributed by atoms with Crippen LogP contribution in [0.3, 0.4) is 0 Å². The van der Waals surface area contributed by atoms with Crippen molar-refractivity contribution in [1.29, 1.82) is 0 Å². The number of aryl methyl sites for hydroxylation is 1. The second-order valence-corrected chi connectivity index (χ2v) is 7.06. The normalized spacial score (nSPS) is 11.9. The van der Waals surface area contributed by atoms with Gasteiger partial charge < -0.3 is 4.74 Å². The molecule has 0 amide bonds. The second-order valence-electron chi connectivity index (χ2n) is 3.86. The highest BCUT2D eigenvalue weighted by molar-refractivity contribution is 8.13. The van der Waals surface area contributed by atoms with E-state index in [1.807, 2.05) is 17.7 Å². The molecule has 2 rings (SSSR count). The lowest BCUT2D eigenvalue weighted by atomic mass is 10.2. The molecule has 0 atom stereocenters. The maximum Gasteiger partial charge on any atom is 0.296 e. The van der Waals surface area contributed by atoms with Crippen LogP contribution in [0.5, 0.6) is 0 Å². The molecule has 2 aromatic heterocycles. The lowest BCUT2D eigenvalue weighted by Crippen LogP contribution is -2.11. The van der Waals surface area contributed by atoms with Crippen LogP contribution in [-0.2, 0) is 20.3 Å². The maximum absolute atomic E-state index is 11.5. The van der Waals surface area contributed by atoms with Crippen molar-refractivity contribution in [3.05, 3.63) is 16.3 Å². The first-order chi connectivity index (χ1) is 8.95. The SMILES string of the molecule is COCCn1c(-c2cscc2C)nnc1S(=O)(=O)Cl. The van der Waals surface area contributed by atoms with Crippen LogP contribution in [0.4, 0.5) is 0 Å². The van der Waals surface area contributed by atoms with E-state index in [-0.39, 0.29) is 5.16 Å². The van der Waals surface area contributed by atoms with Crippen molar-refractivity contribution in [2.75, 3.05) is 13.7 Å². The number of nitrogens with zero attached hydrogens (tertiary/aromatic N) is 3. The number of aromatic nitrogens is 3. The van der Waals surface area contributed by atoms with E-state index in [2.05, 4.69) is 10.2 Å². The first-order valence-electron chi connectivity index (χ1n) is 5.35. The van der Waals surface area contributed by atoms with Crippen molar-refractivity contribution in [3.63, 3.8) is 0 Å². The Bertz CT molecular complexity index is 678. The first kappa shape index (κ1) is 14.4. The molecule has 0 aliphatic carbocycles. The molecule has 19 heavy (non-hydrogen) atoms. The Kier molecular flexibility index (Phi) is 4.24. The van der Waals surface area contributed by atoms with E-state index in [1.165, 1.54) is 23.0 Å². The Labute approximate surface area is 119 Å². The third-order valence-electron chi connectivity index (χ3n) is 2.55. The van der Waals surface area contributed by atoms with Gasteiger partial charge in [0.05, 0.1) is 13.2 Å². The smallest absolute Gasteiger partial charge is 0.296 e. The summed E-state index contributed by atoms with van der Waals surface area (Å²) in [6, 6.07) is 0. The van der Waals surface area contributed by atoms with Crippen LogP contribution in [0.25, 0.3) is 11.4 Å². The Morgan fingerprint density at radius 3 is 2.68 bits per heavy atom. The number of rotatable bonds is 5. The molecule has 0 saturated carbocycles. The third kappa shape index (κ3) is 2.97. The molecular formula is C10H12ClN3O3S2. The monoisotopic (exact) mass is 321 g/mol. The van der Waals surface area contributed by atoms with E-state index in [0.717, 1.165) is 11.1 Å². The maximum atomic E-state index is 11.5. The fourth-order valence-electron chi connectivity index (χ4n) is 1.64. The second kappa shape index (κ2) is 5.58. The Balaban J connectivity index is 2.56. The van der Waals surface area contributed by atoms with Crippen LogP contribution in [0.1, 0.15) is 5.56 Å². The van der Waals surface area contributed by atoms with Crippen molar-refractivity contribution in [2.24, 2.45) is 0 Å². The summed E-state index contributed by atoms with van der Waals surface area (Å²) in [4.78, 5) is 0. The molecule has 0 unspecified atom stereocenters. The minimum atomic E-state index is -3.94. The van der Waals surface area contributed by atoms with Crippen molar-refractivity contribution >= 4 is 31.1 Å². The van der Waals surface area contributed by atoms with Crippen LogP contribution in [0.15, 0.2) is 15.9 Å². The van der Waals surface area contributed by atoms with Gasteiger partial charge in [-0.05, 0) is 17.9 Å². The van der Waals surface area contributed by atoms with Gasteiger partial charge in [0.2, 0.25) is 0 Å². The average molecular weight is 322 g/mol. The van der Waals surface area contributed by atoms with E-state index in [1.54, 1.807) is 0 Å². The van der Waals surface area contributed by atoms with Gasteiger partial charge in [-0.15, -0.1) is 10.2 Å².